The van der Waals surface area contributed by atoms with E-state index in [-0.39, 0.29) is 6.42 Å². The second kappa shape index (κ2) is 10.4. The predicted molar refractivity (Wildman–Crippen MR) is 167 cm³/mol. The van der Waals surface area contributed by atoms with Crippen molar-refractivity contribution in [2.24, 2.45) is 11.8 Å². The van der Waals surface area contributed by atoms with Crippen LogP contribution in [0.1, 0.15) is 27.8 Å². The molecule has 3 atom stereocenters. The van der Waals surface area contributed by atoms with E-state index in [4.69, 9.17) is 32.7 Å². The van der Waals surface area contributed by atoms with Crippen LogP contribution >= 0.6 is 23.2 Å². The van der Waals surface area contributed by atoms with Gasteiger partial charge in [0.1, 0.15) is 27.3 Å². The van der Waals surface area contributed by atoms with E-state index in [1.165, 1.54) is 14.2 Å². The maximum atomic E-state index is 14.7. The van der Waals surface area contributed by atoms with Gasteiger partial charge in [-0.25, -0.2) is 0 Å². The molecule has 1 saturated heterocycles. The van der Waals surface area contributed by atoms with Crippen molar-refractivity contribution < 1.29 is 23.9 Å². The molecule has 2 bridgehead atoms. The fourth-order valence-corrected chi connectivity index (χ4v) is 8.36. The molecule has 0 saturated carbocycles. The molecule has 4 aliphatic rings. The summed E-state index contributed by atoms with van der Waals surface area (Å²) < 4.78 is 10.8. The number of imide groups is 1. The Balaban J connectivity index is 1.36. The SMILES string of the molecule is COc1ccc(OC)c(NC(=O)[C@H](Cc2ccccc2)N2C(=O)[C@@H]3[C@@H](C2=O)C2(Cl)c4ccccc4C3(Cl)c3ccccc32)c1. The van der Waals surface area contributed by atoms with Crippen LogP contribution < -0.4 is 14.8 Å². The van der Waals surface area contributed by atoms with Crippen LogP contribution in [0.2, 0.25) is 0 Å². The summed E-state index contributed by atoms with van der Waals surface area (Å²) in [5.74, 6) is -2.76. The van der Waals surface area contributed by atoms with Crippen molar-refractivity contribution in [3.8, 4) is 11.5 Å². The fraction of sp³-hybridized carbons (Fsp3) is 0.229. The summed E-state index contributed by atoms with van der Waals surface area (Å²) in [5.41, 5.74) is 3.91. The highest BCUT2D eigenvalue weighted by Crippen LogP contribution is 2.69. The molecule has 9 heteroatoms. The highest BCUT2D eigenvalue weighted by molar-refractivity contribution is 6.36. The van der Waals surface area contributed by atoms with E-state index in [9.17, 15) is 14.4 Å². The van der Waals surface area contributed by atoms with Gasteiger partial charge in [-0.2, -0.15) is 0 Å². The zero-order chi connectivity index (χ0) is 30.8. The lowest BCUT2D eigenvalue weighted by molar-refractivity contribution is -0.146. The molecule has 0 aromatic heterocycles. The van der Waals surface area contributed by atoms with Crippen LogP contribution in [0.25, 0.3) is 0 Å². The van der Waals surface area contributed by atoms with Gasteiger partial charge in [0.15, 0.2) is 0 Å². The summed E-state index contributed by atoms with van der Waals surface area (Å²) in [6.45, 7) is 0. The predicted octanol–water partition coefficient (Wildman–Crippen LogP) is 5.85. The Hall–Kier alpha value is -4.33. The standard InChI is InChI=1S/C35H28Cl2N2O5/c1-43-21-16-17-28(44-2)26(19-21)38-31(40)27(18-20-10-4-3-5-11-20)39-32(41)29-30(33(39)42)35(37)23-13-7-6-12-22(23)34(29,36)24-14-8-9-15-25(24)35/h3-17,19,27,29-30H,18H2,1-2H3,(H,38,40)/t27-,29-,30-,34?,35?/m0/s1. The first-order chi connectivity index (χ1) is 21.2. The van der Waals surface area contributed by atoms with Crippen LogP contribution in [0.4, 0.5) is 5.69 Å². The minimum atomic E-state index is -1.35. The van der Waals surface area contributed by atoms with Gasteiger partial charge in [0.25, 0.3) is 0 Å². The van der Waals surface area contributed by atoms with Crippen LogP contribution in [0.5, 0.6) is 11.5 Å². The number of benzene rings is 4. The number of halogens is 2. The van der Waals surface area contributed by atoms with Crippen molar-refractivity contribution in [2.75, 3.05) is 19.5 Å². The zero-order valence-electron chi connectivity index (χ0n) is 23.9. The van der Waals surface area contributed by atoms with E-state index in [0.717, 1.165) is 10.5 Å². The highest BCUT2D eigenvalue weighted by Gasteiger charge is 2.73. The van der Waals surface area contributed by atoms with Gasteiger partial charge in [-0.1, -0.05) is 78.9 Å². The molecule has 1 N–H and O–H groups in total. The van der Waals surface area contributed by atoms with E-state index in [0.29, 0.717) is 39.4 Å². The summed E-state index contributed by atoms with van der Waals surface area (Å²) in [6.07, 6.45) is 0.0837. The fourth-order valence-electron chi connectivity index (χ4n) is 7.26. The number of alkyl halides is 2. The van der Waals surface area contributed by atoms with Crippen LogP contribution in [-0.2, 0) is 30.6 Å². The average molecular weight is 628 g/mol. The van der Waals surface area contributed by atoms with E-state index >= 15 is 0 Å². The Bertz CT molecular complexity index is 1710. The van der Waals surface area contributed by atoms with Gasteiger partial charge in [0.2, 0.25) is 17.7 Å². The van der Waals surface area contributed by atoms with Crippen molar-refractivity contribution in [1.82, 2.24) is 4.90 Å². The topological polar surface area (TPSA) is 84.9 Å². The monoisotopic (exact) mass is 626 g/mol. The number of likely N-dealkylation sites (tertiary alicyclic amines) is 1. The number of nitrogens with one attached hydrogen (secondary N) is 1. The number of carbonyl (C=O) groups is 3. The number of ether oxygens (including phenoxy) is 2. The first-order valence-corrected chi connectivity index (χ1v) is 15.0. The third-order valence-electron chi connectivity index (χ3n) is 9.17. The number of methoxy groups -OCH3 is 2. The maximum Gasteiger partial charge on any atom is 0.248 e. The summed E-state index contributed by atoms with van der Waals surface area (Å²) >= 11 is 15.2. The minimum Gasteiger partial charge on any atom is -0.497 e. The molecule has 7 nitrogen and oxygen atoms in total. The lowest BCUT2D eigenvalue weighted by Crippen LogP contribution is -2.57. The highest BCUT2D eigenvalue weighted by atomic mass is 35.5. The molecule has 4 aromatic carbocycles. The molecular weight excluding hydrogens is 599 g/mol. The Morgan fingerprint density at radius 1 is 0.773 bits per heavy atom. The minimum absolute atomic E-state index is 0.0837. The van der Waals surface area contributed by atoms with Gasteiger partial charge in [-0.15, -0.1) is 23.2 Å². The normalized spacial score (nSPS) is 25.1. The third-order valence-corrected chi connectivity index (χ3v) is 10.5. The summed E-state index contributed by atoms with van der Waals surface area (Å²) in [7, 11) is 3.01. The molecule has 1 aliphatic heterocycles. The zero-order valence-corrected chi connectivity index (χ0v) is 25.4. The maximum absolute atomic E-state index is 14.7. The molecule has 1 heterocycles. The molecule has 0 radical (unpaired) electrons. The van der Waals surface area contributed by atoms with Crippen molar-refractivity contribution in [3.05, 3.63) is 125 Å². The van der Waals surface area contributed by atoms with Crippen molar-refractivity contribution in [2.45, 2.75) is 22.2 Å². The van der Waals surface area contributed by atoms with Crippen LogP contribution in [0, 0.1) is 11.8 Å². The van der Waals surface area contributed by atoms with Crippen LogP contribution in [0.15, 0.2) is 97.1 Å². The second-order valence-corrected chi connectivity index (χ2v) is 12.5. The molecule has 0 spiro atoms. The molecule has 222 valence electrons. The van der Waals surface area contributed by atoms with E-state index in [1.807, 2.05) is 78.9 Å². The van der Waals surface area contributed by atoms with Gasteiger partial charge in [0, 0.05) is 12.5 Å². The average Bonchev–Trinajstić information content (AvgIpc) is 3.33. The lowest BCUT2D eigenvalue weighted by Gasteiger charge is -2.54. The number of rotatable bonds is 7. The van der Waals surface area contributed by atoms with Crippen LogP contribution in [-0.4, -0.2) is 42.9 Å². The number of amides is 3. The number of hydrogen-bond acceptors (Lipinski definition) is 5. The van der Waals surface area contributed by atoms with Crippen molar-refractivity contribution in [1.29, 1.82) is 0 Å². The molecule has 0 unspecified atom stereocenters. The summed E-state index contributed by atoms with van der Waals surface area (Å²) in [4.78, 5) is 41.9. The number of anilines is 1. The summed E-state index contributed by atoms with van der Waals surface area (Å²) in [5, 5.41) is 2.89. The van der Waals surface area contributed by atoms with Gasteiger partial charge < -0.3 is 14.8 Å². The number of carbonyl (C=O) groups excluding carboxylic acids is 3. The third kappa shape index (κ3) is 3.85. The van der Waals surface area contributed by atoms with E-state index in [1.54, 1.807) is 18.2 Å². The molecule has 3 aliphatic carbocycles. The van der Waals surface area contributed by atoms with Crippen molar-refractivity contribution >= 4 is 46.6 Å². The van der Waals surface area contributed by atoms with E-state index in [2.05, 4.69) is 5.32 Å². The molecular formula is C35H28Cl2N2O5. The Morgan fingerprint density at radius 2 is 1.27 bits per heavy atom. The molecule has 4 aromatic rings. The number of nitrogens with zero attached hydrogens (tertiary/aromatic N) is 1. The molecule has 1 fully saturated rings. The Kier molecular flexibility index (Phi) is 6.72. The lowest BCUT2D eigenvalue weighted by atomic mass is 9.54. The van der Waals surface area contributed by atoms with Crippen molar-refractivity contribution in [3.63, 3.8) is 0 Å². The number of hydrogen-bond donors (Lipinski definition) is 1. The van der Waals surface area contributed by atoms with Gasteiger partial charge in [-0.05, 0) is 39.9 Å². The van der Waals surface area contributed by atoms with Crippen LogP contribution in [0.3, 0.4) is 0 Å². The smallest absolute Gasteiger partial charge is 0.248 e. The van der Waals surface area contributed by atoms with Gasteiger partial charge in [-0.3, -0.25) is 19.3 Å². The van der Waals surface area contributed by atoms with Gasteiger partial charge >= 0.3 is 0 Å². The first-order valence-electron chi connectivity index (χ1n) is 14.3. The van der Waals surface area contributed by atoms with E-state index < -0.39 is 45.3 Å². The molecule has 44 heavy (non-hydrogen) atoms. The molecule has 8 rings (SSSR count). The quantitative estimate of drug-likeness (QED) is 0.206. The Labute approximate surface area is 264 Å². The molecule has 3 amide bonds. The Morgan fingerprint density at radius 3 is 1.75 bits per heavy atom. The van der Waals surface area contributed by atoms with Gasteiger partial charge in [0.05, 0.1) is 31.7 Å². The summed E-state index contributed by atoms with van der Waals surface area (Å²) in [6, 6.07) is 28.0. The second-order valence-electron chi connectivity index (χ2n) is 11.3. The first kappa shape index (κ1) is 28.4. The largest absolute Gasteiger partial charge is 0.497 e.